The molecular formula is C23H38IN5O2. The van der Waals surface area contributed by atoms with Crippen LogP contribution in [-0.2, 0) is 13.0 Å². The molecule has 0 amide bonds. The summed E-state index contributed by atoms with van der Waals surface area (Å²) in [6.45, 7) is 12.8. The molecule has 0 fully saturated rings. The van der Waals surface area contributed by atoms with Gasteiger partial charge in [0.25, 0.3) is 0 Å². The first kappa shape index (κ1) is 27.1. The molecule has 2 aromatic rings. The molecule has 0 aliphatic heterocycles. The number of aliphatic imine (C=N–C) groups is 1. The van der Waals surface area contributed by atoms with Gasteiger partial charge in [0.2, 0.25) is 0 Å². The van der Waals surface area contributed by atoms with Crippen LogP contribution in [0.3, 0.4) is 0 Å². The molecule has 0 bridgehead atoms. The van der Waals surface area contributed by atoms with E-state index in [1.807, 2.05) is 39.2 Å². The highest BCUT2D eigenvalue weighted by Gasteiger charge is 2.06. The van der Waals surface area contributed by atoms with Crippen LogP contribution in [0.15, 0.2) is 35.6 Å². The van der Waals surface area contributed by atoms with Crippen LogP contribution < -0.4 is 20.1 Å². The van der Waals surface area contributed by atoms with Gasteiger partial charge in [0.05, 0.1) is 13.2 Å². The fourth-order valence-electron chi connectivity index (χ4n) is 3.14. The smallest absolute Gasteiger partial charge is 0.191 e. The summed E-state index contributed by atoms with van der Waals surface area (Å²) in [4.78, 5) is 8.95. The van der Waals surface area contributed by atoms with Gasteiger partial charge in [-0.15, -0.1) is 24.0 Å². The van der Waals surface area contributed by atoms with Crippen molar-refractivity contribution in [2.75, 3.05) is 32.8 Å². The van der Waals surface area contributed by atoms with Crippen LogP contribution in [0.5, 0.6) is 11.5 Å². The summed E-state index contributed by atoms with van der Waals surface area (Å²) in [5.74, 6) is 3.55. The van der Waals surface area contributed by atoms with E-state index in [1.165, 1.54) is 5.56 Å². The van der Waals surface area contributed by atoms with E-state index in [-0.39, 0.29) is 24.0 Å². The SMILES string of the molecule is CCNC(=NCCCCn1ccnc1C)NCCc1ccc(OCC)c(OCC)c1.I. The summed E-state index contributed by atoms with van der Waals surface area (Å²) in [5, 5.41) is 6.74. The van der Waals surface area contributed by atoms with Gasteiger partial charge in [-0.1, -0.05) is 6.07 Å². The third-order valence-electron chi connectivity index (χ3n) is 4.66. The van der Waals surface area contributed by atoms with E-state index in [0.717, 1.165) is 68.7 Å². The zero-order chi connectivity index (χ0) is 21.6. The summed E-state index contributed by atoms with van der Waals surface area (Å²) >= 11 is 0. The number of nitrogens with zero attached hydrogens (tertiary/aromatic N) is 3. The topological polar surface area (TPSA) is 72.7 Å². The molecule has 0 radical (unpaired) electrons. The molecule has 0 unspecified atom stereocenters. The van der Waals surface area contributed by atoms with E-state index < -0.39 is 0 Å². The quantitative estimate of drug-likeness (QED) is 0.172. The van der Waals surface area contributed by atoms with Crippen molar-refractivity contribution in [2.45, 2.75) is 53.5 Å². The Balaban J connectivity index is 0.00000480. The number of hydrogen-bond acceptors (Lipinski definition) is 4. The van der Waals surface area contributed by atoms with Crippen molar-refractivity contribution < 1.29 is 9.47 Å². The van der Waals surface area contributed by atoms with Gasteiger partial charge in [-0.05, 0) is 64.7 Å². The van der Waals surface area contributed by atoms with Crippen LogP contribution in [-0.4, -0.2) is 48.4 Å². The lowest BCUT2D eigenvalue weighted by molar-refractivity contribution is 0.287. The second-order valence-electron chi connectivity index (χ2n) is 6.96. The van der Waals surface area contributed by atoms with Crippen LogP contribution >= 0.6 is 24.0 Å². The lowest BCUT2D eigenvalue weighted by atomic mass is 10.1. The highest BCUT2D eigenvalue weighted by Crippen LogP contribution is 2.28. The maximum absolute atomic E-state index is 5.72. The summed E-state index contributed by atoms with van der Waals surface area (Å²) in [6, 6.07) is 6.15. The number of benzene rings is 1. The van der Waals surface area contributed by atoms with E-state index in [9.17, 15) is 0 Å². The van der Waals surface area contributed by atoms with Crippen molar-refractivity contribution in [2.24, 2.45) is 4.99 Å². The molecule has 0 spiro atoms. The van der Waals surface area contributed by atoms with Gasteiger partial charge >= 0.3 is 0 Å². The minimum Gasteiger partial charge on any atom is -0.490 e. The first-order valence-corrected chi connectivity index (χ1v) is 11.1. The average molecular weight is 543 g/mol. The number of imidazole rings is 1. The van der Waals surface area contributed by atoms with Crippen LogP contribution in [0.4, 0.5) is 0 Å². The molecule has 31 heavy (non-hydrogen) atoms. The van der Waals surface area contributed by atoms with Gasteiger partial charge in [-0.3, -0.25) is 4.99 Å². The molecular weight excluding hydrogens is 505 g/mol. The molecule has 1 aromatic heterocycles. The molecule has 0 saturated heterocycles. The Morgan fingerprint density at radius 1 is 1.06 bits per heavy atom. The van der Waals surface area contributed by atoms with Gasteiger partial charge in [0.15, 0.2) is 17.5 Å². The minimum atomic E-state index is 0. The standard InChI is InChI=1S/C23H37N5O2.HI/c1-5-24-23(26-13-8-9-16-28-17-15-25-19(28)4)27-14-12-20-10-11-21(29-6-2)22(18-20)30-7-3;/h10-11,15,17-18H,5-9,12-14,16H2,1-4H3,(H2,24,26,27);1H. The van der Waals surface area contributed by atoms with E-state index in [2.05, 4.69) is 39.2 Å². The van der Waals surface area contributed by atoms with Crippen LogP contribution in [0.1, 0.15) is 45.0 Å². The molecule has 2 N–H and O–H groups in total. The van der Waals surface area contributed by atoms with Crippen molar-refractivity contribution >= 4 is 29.9 Å². The van der Waals surface area contributed by atoms with Gasteiger partial charge in [0, 0.05) is 38.6 Å². The summed E-state index contributed by atoms with van der Waals surface area (Å²) < 4.78 is 13.5. The first-order chi connectivity index (χ1) is 14.7. The van der Waals surface area contributed by atoms with Crippen molar-refractivity contribution in [3.05, 3.63) is 42.0 Å². The maximum Gasteiger partial charge on any atom is 0.191 e. The summed E-state index contributed by atoms with van der Waals surface area (Å²) in [5.41, 5.74) is 1.21. The second kappa shape index (κ2) is 15.8. The van der Waals surface area contributed by atoms with Crippen LogP contribution in [0, 0.1) is 6.92 Å². The van der Waals surface area contributed by atoms with Crippen molar-refractivity contribution in [1.82, 2.24) is 20.2 Å². The average Bonchev–Trinajstić information content (AvgIpc) is 3.14. The number of unbranched alkanes of at least 4 members (excludes halogenated alkanes) is 1. The summed E-state index contributed by atoms with van der Waals surface area (Å²) in [7, 11) is 0. The minimum absolute atomic E-state index is 0. The Labute approximate surface area is 204 Å². The second-order valence-corrected chi connectivity index (χ2v) is 6.96. The number of nitrogens with one attached hydrogen (secondary N) is 2. The molecule has 2 rings (SSSR count). The molecule has 174 valence electrons. The molecule has 0 aliphatic carbocycles. The van der Waals surface area contributed by atoms with Crippen molar-refractivity contribution in [1.29, 1.82) is 0 Å². The number of ether oxygens (including phenoxy) is 2. The number of hydrogen-bond donors (Lipinski definition) is 2. The molecule has 0 saturated carbocycles. The molecule has 7 nitrogen and oxygen atoms in total. The zero-order valence-corrected chi connectivity index (χ0v) is 21.6. The monoisotopic (exact) mass is 543 g/mol. The lowest BCUT2D eigenvalue weighted by Gasteiger charge is -2.14. The maximum atomic E-state index is 5.72. The van der Waals surface area contributed by atoms with E-state index in [4.69, 9.17) is 14.5 Å². The third kappa shape index (κ3) is 9.80. The number of guanidine groups is 1. The van der Waals surface area contributed by atoms with Gasteiger partial charge in [-0.2, -0.15) is 0 Å². The highest BCUT2D eigenvalue weighted by molar-refractivity contribution is 14.0. The Morgan fingerprint density at radius 3 is 2.52 bits per heavy atom. The fraction of sp³-hybridized carbons (Fsp3) is 0.565. The number of aromatic nitrogens is 2. The predicted molar refractivity (Wildman–Crippen MR) is 138 cm³/mol. The first-order valence-electron chi connectivity index (χ1n) is 11.1. The molecule has 1 aromatic carbocycles. The third-order valence-corrected chi connectivity index (χ3v) is 4.66. The normalized spacial score (nSPS) is 11.0. The fourth-order valence-corrected chi connectivity index (χ4v) is 3.14. The largest absolute Gasteiger partial charge is 0.490 e. The molecule has 0 atom stereocenters. The van der Waals surface area contributed by atoms with E-state index >= 15 is 0 Å². The van der Waals surface area contributed by atoms with E-state index in [1.54, 1.807) is 0 Å². The van der Waals surface area contributed by atoms with Crippen molar-refractivity contribution in [3.63, 3.8) is 0 Å². The van der Waals surface area contributed by atoms with Gasteiger partial charge in [-0.25, -0.2) is 4.98 Å². The zero-order valence-electron chi connectivity index (χ0n) is 19.3. The number of halogens is 1. The highest BCUT2D eigenvalue weighted by atomic mass is 127. The number of rotatable bonds is 13. The van der Waals surface area contributed by atoms with Gasteiger partial charge < -0.3 is 24.7 Å². The lowest BCUT2D eigenvalue weighted by Crippen LogP contribution is -2.38. The summed E-state index contributed by atoms with van der Waals surface area (Å²) in [6.07, 6.45) is 6.90. The predicted octanol–water partition coefficient (Wildman–Crippen LogP) is 4.18. The van der Waals surface area contributed by atoms with Crippen LogP contribution in [0.25, 0.3) is 0 Å². The Morgan fingerprint density at radius 2 is 1.84 bits per heavy atom. The van der Waals surface area contributed by atoms with E-state index in [0.29, 0.717) is 13.2 Å². The molecule has 1 heterocycles. The Hall–Kier alpha value is -1.97. The number of aryl methyl sites for hydroxylation is 2. The van der Waals surface area contributed by atoms with Crippen LogP contribution in [0.2, 0.25) is 0 Å². The van der Waals surface area contributed by atoms with Gasteiger partial charge in [0.1, 0.15) is 5.82 Å². The Kier molecular flexibility index (Phi) is 13.8. The van der Waals surface area contributed by atoms with Crippen molar-refractivity contribution in [3.8, 4) is 11.5 Å². The molecule has 0 aliphatic rings. The molecule has 8 heteroatoms. The Bertz CT molecular complexity index is 779.